The molecule has 0 aliphatic rings. The Balaban J connectivity index is 2.99. The molecule has 0 radical (unpaired) electrons. The van der Waals surface area contributed by atoms with Gasteiger partial charge in [-0.1, -0.05) is 6.08 Å². The summed E-state index contributed by atoms with van der Waals surface area (Å²) in [5.74, 6) is -0.0517. The second kappa shape index (κ2) is 5.34. The van der Waals surface area contributed by atoms with Gasteiger partial charge in [-0.15, -0.1) is 6.58 Å². The molecule has 17 heavy (non-hydrogen) atoms. The fourth-order valence-corrected chi connectivity index (χ4v) is 1.13. The van der Waals surface area contributed by atoms with Gasteiger partial charge in [0.25, 0.3) is 0 Å². The molecule has 1 heterocycles. The highest BCUT2D eigenvalue weighted by atomic mass is 19.4. The van der Waals surface area contributed by atoms with Gasteiger partial charge in [0.1, 0.15) is 17.6 Å². The molecule has 0 aromatic carbocycles. The first-order valence-electron chi connectivity index (χ1n) is 4.82. The van der Waals surface area contributed by atoms with E-state index >= 15 is 0 Å². The van der Waals surface area contributed by atoms with Gasteiger partial charge < -0.3 is 5.32 Å². The lowest BCUT2D eigenvalue weighted by atomic mass is 10.2. The zero-order valence-corrected chi connectivity index (χ0v) is 8.88. The maximum atomic E-state index is 12.4. The van der Waals surface area contributed by atoms with Gasteiger partial charge in [-0.05, 0) is 18.6 Å². The maximum absolute atomic E-state index is 12.4. The number of nitriles is 1. The Morgan fingerprint density at radius 2 is 2.18 bits per heavy atom. The predicted molar refractivity (Wildman–Crippen MR) is 57.3 cm³/mol. The fourth-order valence-electron chi connectivity index (χ4n) is 1.13. The van der Waals surface area contributed by atoms with Crippen LogP contribution in [-0.2, 0) is 6.18 Å². The Morgan fingerprint density at radius 1 is 1.47 bits per heavy atom. The number of nitrogens with one attached hydrogen (secondary N) is 1. The van der Waals surface area contributed by atoms with E-state index in [9.17, 15) is 13.2 Å². The van der Waals surface area contributed by atoms with Crippen LogP contribution in [-0.4, -0.2) is 11.5 Å². The molecule has 1 aromatic rings. The highest BCUT2D eigenvalue weighted by Gasteiger charge is 2.33. The van der Waals surface area contributed by atoms with Crippen LogP contribution in [0.1, 0.15) is 17.7 Å². The minimum Gasteiger partial charge on any atom is -0.369 e. The van der Waals surface area contributed by atoms with Crippen LogP contribution in [0.2, 0.25) is 0 Å². The molecule has 0 saturated heterocycles. The topological polar surface area (TPSA) is 48.7 Å². The number of hydrogen-bond donors (Lipinski definition) is 1. The molecule has 1 rings (SSSR count). The van der Waals surface area contributed by atoms with Crippen molar-refractivity contribution in [3.63, 3.8) is 0 Å². The van der Waals surface area contributed by atoms with Crippen LogP contribution in [0.15, 0.2) is 24.8 Å². The van der Waals surface area contributed by atoms with Gasteiger partial charge in [0.2, 0.25) is 0 Å². The van der Waals surface area contributed by atoms with E-state index in [1.807, 2.05) is 0 Å². The Bertz CT molecular complexity index is 446. The molecule has 6 heteroatoms. The van der Waals surface area contributed by atoms with Crippen LogP contribution in [0.25, 0.3) is 0 Å². The molecule has 1 aromatic heterocycles. The molecule has 0 bridgehead atoms. The van der Waals surface area contributed by atoms with E-state index in [1.165, 1.54) is 0 Å². The van der Waals surface area contributed by atoms with Crippen molar-refractivity contribution in [2.24, 2.45) is 0 Å². The number of halogens is 3. The van der Waals surface area contributed by atoms with Crippen molar-refractivity contribution in [2.75, 3.05) is 11.9 Å². The van der Waals surface area contributed by atoms with Crippen molar-refractivity contribution in [3.8, 4) is 6.07 Å². The number of hydrogen-bond acceptors (Lipinski definition) is 3. The summed E-state index contributed by atoms with van der Waals surface area (Å²) in [5.41, 5.74) is -0.931. The first-order chi connectivity index (χ1) is 7.99. The summed E-state index contributed by atoms with van der Waals surface area (Å²) < 4.78 is 37.2. The van der Waals surface area contributed by atoms with E-state index < -0.39 is 11.9 Å². The van der Waals surface area contributed by atoms with Gasteiger partial charge in [0.05, 0.1) is 5.56 Å². The van der Waals surface area contributed by atoms with Crippen LogP contribution < -0.4 is 5.32 Å². The molecule has 0 unspecified atom stereocenters. The van der Waals surface area contributed by atoms with Crippen molar-refractivity contribution in [1.29, 1.82) is 5.26 Å². The molecule has 90 valence electrons. The second-order valence-corrected chi connectivity index (χ2v) is 3.21. The molecular formula is C11H10F3N3. The average Bonchev–Trinajstić information content (AvgIpc) is 2.28. The van der Waals surface area contributed by atoms with Gasteiger partial charge in [0.15, 0.2) is 0 Å². The monoisotopic (exact) mass is 241 g/mol. The number of rotatable bonds is 4. The van der Waals surface area contributed by atoms with Gasteiger partial charge in [-0.3, -0.25) is 0 Å². The summed E-state index contributed by atoms with van der Waals surface area (Å²) >= 11 is 0. The largest absolute Gasteiger partial charge is 0.433 e. The zero-order chi connectivity index (χ0) is 12.9. The van der Waals surface area contributed by atoms with Crippen molar-refractivity contribution in [3.05, 3.63) is 36.0 Å². The van der Waals surface area contributed by atoms with Crippen molar-refractivity contribution in [2.45, 2.75) is 12.6 Å². The summed E-state index contributed by atoms with van der Waals surface area (Å²) in [6, 6.07) is 3.68. The normalized spacial score (nSPS) is 10.7. The predicted octanol–water partition coefficient (Wildman–Crippen LogP) is 2.96. The van der Waals surface area contributed by atoms with Crippen LogP contribution in [0.4, 0.5) is 19.0 Å². The standard InChI is InChI=1S/C11H10F3N3/c1-2-3-6-16-10-8(7-15)4-5-9(17-10)11(12,13)14/h2,4-5H,1,3,6H2,(H,16,17). The molecule has 0 aliphatic heterocycles. The molecule has 3 nitrogen and oxygen atoms in total. The van der Waals surface area contributed by atoms with E-state index in [0.29, 0.717) is 13.0 Å². The van der Waals surface area contributed by atoms with E-state index in [4.69, 9.17) is 5.26 Å². The van der Waals surface area contributed by atoms with Crippen LogP contribution in [0.5, 0.6) is 0 Å². The van der Waals surface area contributed by atoms with Gasteiger partial charge in [-0.2, -0.15) is 18.4 Å². The van der Waals surface area contributed by atoms with E-state index in [2.05, 4.69) is 16.9 Å². The molecule has 0 fully saturated rings. The number of pyridine rings is 1. The first-order valence-corrected chi connectivity index (χ1v) is 4.82. The third-order valence-corrected chi connectivity index (χ3v) is 1.95. The average molecular weight is 241 g/mol. The van der Waals surface area contributed by atoms with E-state index in [-0.39, 0.29) is 11.4 Å². The summed E-state index contributed by atoms with van der Waals surface area (Å²) in [6.07, 6.45) is -2.32. The van der Waals surface area contributed by atoms with Crippen LogP contribution >= 0.6 is 0 Å². The Hall–Kier alpha value is -2.03. The lowest BCUT2D eigenvalue weighted by Crippen LogP contribution is -2.12. The Morgan fingerprint density at radius 3 is 2.71 bits per heavy atom. The first kappa shape index (κ1) is 13.0. The quantitative estimate of drug-likeness (QED) is 0.651. The molecule has 0 atom stereocenters. The number of nitrogens with zero attached hydrogens (tertiary/aromatic N) is 2. The van der Waals surface area contributed by atoms with Crippen LogP contribution in [0, 0.1) is 11.3 Å². The number of anilines is 1. The Kier molecular flexibility index (Phi) is 4.10. The van der Waals surface area contributed by atoms with E-state index in [1.54, 1.807) is 12.1 Å². The third-order valence-electron chi connectivity index (χ3n) is 1.95. The van der Waals surface area contributed by atoms with E-state index in [0.717, 1.165) is 12.1 Å². The third kappa shape index (κ3) is 3.48. The number of alkyl halides is 3. The molecule has 0 spiro atoms. The minimum atomic E-state index is -4.51. The summed E-state index contributed by atoms with van der Waals surface area (Å²) in [4.78, 5) is 3.39. The minimum absolute atomic E-state index is 0.0517. The maximum Gasteiger partial charge on any atom is 0.433 e. The number of aromatic nitrogens is 1. The van der Waals surface area contributed by atoms with Gasteiger partial charge >= 0.3 is 6.18 Å². The molecule has 0 saturated carbocycles. The summed E-state index contributed by atoms with van der Waals surface area (Å²) in [7, 11) is 0. The highest BCUT2D eigenvalue weighted by molar-refractivity contribution is 5.52. The van der Waals surface area contributed by atoms with Crippen molar-refractivity contribution >= 4 is 5.82 Å². The fraction of sp³-hybridized carbons (Fsp3) is 0.273. The van der Waals surface area contributed by atoms with Crippen molar-refractivity contribution in [1.82, 2.24) is 4.98 Å². The van der Waals surface area contributed by atoms with Gasteiger partial charge in [-0.25, -0.2) is 4.98 Å². The van der Waals surface area contributed by atoms with Crippen molar-refractivity contribution < 1.29 is 13.2 Å². The Labute approximate surface area is 96.6 Å². The van der Waals surface area contributed by atoms with Gasteiger partial charge in [0, 0.05) is 6.54 Å². The smallest absolute Gasteiger partial charge is 0.369 e. The SMILES string of the molecule is C=CCCNc1nc(C(F)(F)F)ccc1C#N. The zero-order valence-electron chi connectivity index (χ0n) is 8.88. The summed E-state index contributed by atoms with van der Waals surface area (Å²) in [5, 5.41) is 11.4. The van der Waals surface area contributed by atoms with Crippen LogP contribution in [0.3, 0.4) is 0 Å². The highest BCUT2D eigenvalue weighted by Crippen LogP contribution is 2.29. The molecule has 0 amide bonds. The molecular weight excluding hydrogens is 231 g/mol. The second-order valence-electron chi connectivity index (χ2n) is 3.21. The molecule has 1 N–H and O–H groups in total. The summed E-state index contributed by atoms with van der Waals surface area (Å²) in [6.45, 7) is 3.87. The lowest BCUT2D eigenvalue weighted by molar-refractivity contribution is -0.141. The lowest BCUT2D eigenvalue weighted by Gasteiger charge is -2.10. The molecule has 0 aliphatic carbocycles.